The maximum absolute atomic E-state index is 14.8. The molecule has 2 aliphatic heterocycles. The molecule has 1 unspecified atom stereocenters. The molecule has 0 bridgehead atoms. The molecule has 5 rings (SSSR count). The number of aromatic nitrogens is 2. The number of fused-ring (bicyclic) bond motifs is 3. The van der Waals surface area contributed by atoms with E-state index in [0.717, 1.165) is 54.0 Å². The fourth-order valence-electron chi connectivity index (χ4n) is 4.97. The first-order chi connectivity index (χ1) is 14.7. The van der Waals surface area contributed by atoms with Gasteiger partial charge in [0.2, 0.25) is 0 Å². The Morgan fingerprint density at radius 1 is 1.20 bits per heavy atom. The second-order valence-corrected chi connectivity index (χ2v) is 8.08. The average molecular weight is 405 g/mol. The van der Waals surface area contributed by atoms with Gasteiger partial charge in [-0.2, -0.15) is 0 Å². The normalized spacial score (nSPS) is 18.2. The fourth-order valence-corrected chi connectivity index (χ4v) is 4.97. The molecule has 0 N–H and O–H groups in total. The number of ether oxygens (including phenoxy) is 1. The van der Waals surface area contributed by atoms with Crippen molar-refractivity contribution in [2.24, 2.45) is 5.92 Å². The number of imidazole rings is 1. The minimum Gasteiger partial charge on any atom is -0.469 e. The van der Waals surface area contributed by atoms with Crippen molar-refractivity contribution >= 4 is 11.7 Å². The molecule has 0 aliphatic carbocycles. The number of methoxy groups -OCH3 is 1. The summed E-state index contributed by atoms with van der Waals surface area (Å²) >= 11 is 0. The van der Waals surface area contributed by atoms with E-state index in [1.807, 2.05) is 30.7 Å². The highest BCUT2D eigenvalue weighted by atomic mass is 19.1. The first-order valence-electron chi connectivity index (χ1n) is 10.4. The number of esters is 1. The third kappa shape index (κ3) is 3.16. The van der Waals surface area contributed by atoms with Crippen molar-refractivity contribution in [1.29, 1.82) is 0 Å². The summed E-state index contributed by atoms with van der Waals surface area (Å²) in [5, 5.41) is 0. The van der Waals surface area contributed by atoms with Crippen LogP contribution in [0.25, 0.3) is 11.3 Å². The molecule has 2 aliphatic rings. The zero-order valence-electron chi connectivity index (χ0n) is 16.9. The van der Waals surface area contributed by atoms with Crippen molar-refractivity contribution in [3.8, 4) is 11.3 Å². The van der Waals surface area contributed by atoms with E-state index in [-0.39, 0.29) is 24.2 Å². The lowest BCUT2D eigenvalue weighted by Gasteiger charge is -2.37. The van der Waals surface area contributed by atoms with Gasteiger partial charge >= 0.3 is 5.97 Å². The fraction of sp³-hybridized carbons (Fsp3) is 0.333. The van der Waals surface area contributed by atoms with Crippen LogP contribution in [0.1, 0.15) is 30.0 Å². The van der Waals surface area contributed by atoms with Gasteiger partial charge in [-0.05, 0) is 42.5 Å². The molecule has 30 heavy (non-hydrogen) atoms. The van der Waals surface area contributed by atoms with Crippen LogP contribution < -0.4 is 4.90 Å². The number of benzene rings is 2. The molecule has 154 valence electrons. The number of hydrogen-bond donors (Lipinski definition) is 0. The molecule has 0 saturated carbocycles. The molecule has 1 saturated heterocycles. The lowest BCUT2D eigenvalue weighted by atomic mass is 9.85. The summed E-state index contributed by atoms with van der Waals surface area (Å²) in [7, 11) is 1.41. The van der Waals surface area contributed by atoms with Gasteiger partial charge in [0.15, 0.2) is 0 Å². The molecule has 1 aromatic heterocycles. The van der Waals surface area contributed by atoms with Gasteiger partial charge in [-0.1, -0.05) is 24.3 Å². The summed E-state index contributed by atoms with van der Waals surface area (Å²) in [6.45, 7) is 1.80. The van der Waals surface area contributed by atoms with E-state index in [1.54, 1.807) is 12.1 Å². The lowest BCUT2D eigenvalue weighted by Crippen LogP contribution is -2.36. The average Bonchev–Trinajstić information content (AvgIpc) is 3.36. The van der Waals surface area contributed by atoms with Crippen LogP contribution in [0.4, 0.5) is 10.1 Å². The first kappa shape index (κ1) is 18.9. The molecular formula is C24H24FN3O2. The molecular weight excluding hydrogens is 381 g/mol. The van der Waals surface area contributed by atoms with Crippen molar-refractivity contribution in [3.05, 3.63) is 71.9 Å². The van der Waals surface area contributed by atoms with Crippen LogP contribution in [-0.2, 0) is 16.0 Å². The van der Waals surface area contributed by atoms with E-state index in [9.17, 15) is 9.18 Å². The Morgan fingerprint density at radius 3 is 2.80 bits per heavy atom. The summed E-state index contributed by atoms with van der Waals surface area (Å²) in [5.74, 6) is -0.00587. The van der Waals surface area contributed by atoms with Crippen molar-refractivity contribution < 1.29 is 13.9 Å². The van der Waals surface area contributed by atoms with E-state index in [4.69, 9.17) is 4.74 Å². The second-order valence-electron chi connectivity index (χ2n) is 8.08. The molecule has 0 amide bonds. The molecule has 0 radical (unpaired) electrons. The SMILES string of the molecule is COC(=O)Cc1cccc(N2CCC(C3c4c(F)cccc4-c4cncn43)CC2)c1. The van der Waals surface area contributed by atoms with Crippen molar-refractivity contribution in [3.63, 3.8) is 0 Å². The lowest BCUT2D eigenvalue weighted by molar-refractivity contribution is -0.139. The number of rotatable bonds is 4. The summed E-state index contributed by atoms with van der Waals surface area (Å²) in [4.78, 5) is 18.3. The molecule has 0 spiro atoms. The van der Waals surface area contributed by atoms with Crippen LogP contribution in [0, 0.1) is 11.7 Å². The molecule has 1 atom stereocenters. The zero-order chi connectivity index (χ0) is 20.7. The van der Waals surface area contributed by atoms with E-state index in [2.05, 4.69) is 26.6 Å². The van der Waals surface area contributed by atoms with Crippen molar-refractivity contribution in [2.75, 3.05) is 25.1 Å². The number of carbonyl (C=O) groups is 1. The van der Waals surface area contributed by atoms with Gasteiger partial charge in [-0.15, -0.1) is 0 Å². The number of hydrogen-bond acceptors (Lipinski definition) is 4. The minimum atomic E-state index is -0.232. The molecule has 5 nitrogen and oxygen atoms in total. The first-order valence-corrected chi connectivity index (χ1v) is 10.4. The van der Waals surface area contributed by atoms with Gasteiger partial charge in [-0.25, -0.2) is 9.37 Å². The summed E-state index contributed by atoms with van der Waals surface area (Å²) < 4.78 is 21.7. The number of anilines is 1. The molecule has 2 aromatic carbocycles. The van der Waals surface area contributed by atoms with Gasteiger partial charge in [0.25, 0.3) is 0 Å². The Balaban J connectivity index is 1.34. The van der Waals surface area contributed by atoms with Gasteiger partial charge in [0.05, 0.1) is 37.8 Å². The molecule has 3 heterocycles. The monoisotopic (exact) mass is 405 g/mol. The van der Waals surface area contributed by atoms with Gasteiger partial charge in [0, 0.05) is 29.9 Å². The molecule has 1 fully saturated rings. The number of nitrogens with zero attached hydrogens (tertiary/aromatic N) is 3. The number of halogens is 1. The van der Waals surface area contributed by atoms with E-state index >= 15 is 0 Å². The highest BCUT2D eigenvalue weighted by Crippen LogP contribution is 2.46. The van der Waals surface area contributed by atoms with Crippen LogP contribution in [0.2, 0.25) is 0 Å². The third-order valence-corrected chi connectivity index (χ3v) is 6.43. The summed E-state index contributed by atoms with van der Waals surface area (Å²) in [5.41, 5.74) is 4.86. The predicted molar refractivity (Wildman–Crippen MR) is 113 cm³/mol. The summed E-state index contributed by atoms with van der Waals surface area (Å²) in [6.07, 6.45) is 5.89. The third-order valence-electron chi connectivity index (χ3n) is 6.43. The van der Waals surface area contributed by atoms with Gasteiger partial charge < -0.3 is 14.2 Å². The van der Waals surface area contributed by atoms with Crippen LogP contribution >= 0.6 is 0 Å². The largest absolute Gasteiger partial charge is 0.469 e. The smallest absolute Gasteiger partial charge is 0.309 e. The maximum atomic E-state index is 14.8. The van der Waals surface area contributed by atoms with Crippen LogP contribution in [0.3, 0.4) is 0 Å². The van der Waals surface area contributed by atoms with Crippen LogP contribution in [-0.4, -0.2) is 35.7 Å². The number of carbonyl (C=O) groups excluding carboxylic acids is 1. The second kappa shape index (κ2) is 7.59. The van der Waals surface area contributed by atoms with Gasteiger partial charge in [-0.3, -0.25) is 4.79 Å². The van der Waals surface area contributed by atoms with E-state index in [0.29, 0.717) is 5.92 Å². The Hall–Kier alpha value is -3.15. The van der Waals surface area contributed by atoms with Crippen molar-refractivity contribution in [1.82, 2.24) is 9.55 Å². The van der Waals surface area contributed by atoms with Crippen molar-refractivity contribution in [2.45, 2.75) is 25.3 Å². The van der Waals surface area contributed by atoms with E-state index in [1.165, 1.54) is 7.11 Å². The highest BCUT2D eigenvalue weighted by Gasteiger charge is 2.37. The zero-order valence-corrected chi connectivity index (χ0v) is 16.9. The predicted octanol–water partition coefficient (Wildman–Crippen LogP) is 4.22. The number of piperidine rings is 1. The van der Waals surface area contributed by atoms with Crippen LogP contribution in [0.15, 0.2) is 55.0 Å². The maximum Gasteiger partial charge on any atom is 0.309 e. The Morgan fingerprint density at radius 2 is 2.00 bits per heavy atom. The highest BCUT2D eigenvalue weighted by molar-refractivity contribution is 5.73. The Kier molecular flexibility index (Phi) is 4.77. The topological polar surface area (TPSA) is 47.4 Å². The minimum absolute atomic E-state index is 0.00603. The van der Waals surface area contributed by atoms with E-state index < -0.39 is 0 Å². The Labute approximate surface area is 175 Å². The summed E-state index contributed by atoms with van der Waals surface area (Å²) in [6, 6.07) is 13.4. The van der Waals surface area contributed by atoms with Crippen LogP contribution in [0.5, 0.6) is 0 Å². The molecule has 3 aromatic rings. The molecule has 6 heteroatoms. The quantitative estimate of drug-likeness (QED) is 0.610. The van der Waals surface area contributed by atoms with Gasteiger partial charge in [0.1, 0.15) is 5.82 Å². The standard InChI is InChI=1S/C24H24FN3O2/c1-30-22(29)13-16-4-2-5-18(12-16)27-10-8-17(9-11-27)24-23-19(6-3-7-20(23)25)21-14-26-15-28(21)24/h2-7,12,14-15,17,24H,8-11,13H2,1H3. The Bertz CT molecular complexity index is 1090.